The van der Waals surface area contributed by atoms with Crippen molar-refractivity contribution in [2.45, 2.75) is 91.9 Å². The summed E-state index contributed by atoms with van der Waals surface area (Å²) in [5, 5.41) is 0. The van der Waals surface area contributed by atoms with Gasteiger partial charge < -0.3 is 4.74 Å². The first-order chi connectivity index (χ1) is 13.6. The highest BCUT2D eigenvalue weighted by molar-refractivity contribution is 5.38. The Hall–Kier alpha value is -1.76. The van der Waals surface area contributed by atoms with Crippen molar-refractivity contribution in [3.05, 3.63) is 59.7 Å². The van der Waals surface area contributed by atoms with E-state index in [1.54, 1.807) is 0 Å². The van der Waals surface area contributed by atoms with Crippen LogP contribution in [0.1, 0.15) is 92.2 Å². The Morgan fingerprint density at radius 1 is 0.621 bits per heavy atom. The summed E-state index contributed by atoms with van der Waals surface area (Å²) in [6, 6.07) is 17.3. The number of rotatable bonds is 10. The van der Waals surface area contributed by atoms with E-state index in [1.165, 1.54) is 36.8 Å². The third-order valence-electron chi connectivity index (χ3n) is 7.34. The number of hydrogen-bond acceptors (Lipinski definition) is 1. The van der Waals surface area contributed by atoms with E-state index < -0.39 is 0 Å². The summed E-state index contributed by atoms with van der Waals surface area (Å²) in [5.41, 5.74) is 3.12. The smallest absolute Gasteiger partial charge is 0.127 e. The number of ether oxygens (including phenoxy) is 1. The molecule has 0 aliphatic rings. The highest BCUT2D eigenvalue weighted by Crippen LogP contribution is 2.37. The van der Waals surface area contributed by atoms with Gasteiger partial charge in [-0.2, -0.15) is 0 Å². The molecule has 0 aromatic heterocycles. The summed E-state index contributed by atoms with van der Waals surface area (Å²) in [5.74, 6) is 3.12. The van der Waals surface area contributed by atoms with Gasteiger partial charge in [0.15, 0.2) is 0 Å². The summed E-state index contributed by atoms with van der Waals surface area (Å²) in [6.45, 7) is 18.6. The monoisotopic (exact) mass is 394 g/mol. The number of benzene rings is 2. The minimum atomic E-state index is 0.178. The summed E-state index contributed by atoms with van der Waals surface area (Å²) in [6.07, 6.45) is 4.97. The van der Waals surface area contributed by atoms with Crippen LogP contribution in [0.25, 0.3) is 0 Å². The van der Waals surface area contributed by atoms with E-state index in [9.17, 15) is 0 Å². The van der Waals surface area contributed by atoms with Crippen LogP contribution in [0.4, 0.5) is 0 Å². The van der Waals surface area contributed by atoms with Gasteiger partial charge in [-0.1, -0.05) is 105 Å². The van der Waals surface area contributed by atoms with E-state index >= 15 is 0 Å². The van der Waals surface area contributed by atoms with Gasteiger partial charge in [-0.05, 0) is 58.1 Å². The molecule has 29 heavy (non-hydrogen) atoms. The molecule has 0 spiro atoms. The van der Waals surface area contributed by atoms with Gasteiger partial charge in [0.25, 0.3) is 0 Å². The minimum Gasteiger partial charge on any atom is -0.457 e. The fourth-order valence-electron chi connectivity index (χ4n) is 4.20. The Labute approximate surface area is 179 Å². The Bertz CT molecular complexity index is 671. The lowest BCUT2D eigenvalue weighted by Gasteiger charge is -2.33. The third kappa shape index (κ3) is 5.65. The fourth-order valence-corrected chi connectivity index (χ4v) is 4.20. The molecule has 0 radical (unpaired) electrons. The van der Waals surface area contributed by atoms with Crippen molar-refractivity contribution in [3.8, 4) is 11.5 Å². The maximum atomic E-state index is 6.13. The van der Waals surface area contributed by atoms with Crippen molar-refractivity contribution in [1.82, 2.24) is 0 Å². The highest BCUT2D eigenvalue weighted by atomic mass is 16.5. The van der Waals surface area contributed by atoms with Crippen LogP contribution in [-0.4, -0.2) is 0 Å². The van der Waals surface area contributed by atoms with Gasteiger partial charge in [0.05, 0.1) is 0 Å². The molecule has 1 nitrogen and oxygen atoms in total. The Morgan fingerprint density at radius 2 is 0.931 bits per heavy atom. The van der Waals surface area contributed by atoms with Crippen LogP contribution in [0.15, 0.2) is 48.5 Å². The number of hydrogen-bond donors (Lipinski definition) is 0. The van der Waals surface area contributed by atoms with Crippen LogP contribution in [0, 0.1) is 11.8 Å². The predicted octanol–water partition coefficient (Wildman–Crippen LogP) is 8.91. The molecule has 0 aliphatic heterocycles. The summed E-state index contributed by atoms with van der Waals surface area (Å²) >= 11 is 0. The van der Waals surface area contributed by atoms with Gasteiger partial charge in [0.2, 0.25) is 0 Å². The van der Waals surface area contributed by atoms with Gasteiger partial charge >= 0.3 is 0 Å². The fraction of sp³-hybridized carbons (Fsp3) is 0.571. The van der Waals surface area contributed by atoms with Crippen molar-refractivity contribution < 1.29 is 4.74 Å². The molecule has 2 aromatic rings. The Morgan fingerprint density at radius 3 is 1.21 bits per heavy atom. The second kappa shape index (κ2) is 9.83. The van der Waals surface area contributed by atoms with Crippen LogP contribution < -0.4 is 4.74 Å². The average molecular weight is 395 g/mol. The molecule has 1 heteroatoms. The molecule has 0 bridgehead atoms. The molecule has 2 unspecified atom stereocenters. The van der Waals surface area contributed by atoms with Gasteiger partial charge in [-0.25, -0.2) is 0 Å². The van der Waals surface area contributed by atoms with E-state index in [4.69, 9.17) is 4.74 Å². The molecule has 0 N–H and O–H groups in total. The first kappa shape index (κ1) is 23.5. The lowest BCUT2D eigenvalue weighted by molar-refractivity contribution is 0.321. The summed E-state index contributed by atoms with van der Waals surface area (Å²) < 4.78 is 6.13. The zero-order valence-corrected chi connectivity index (χ0v) is 20.0. The average Bonchev–Trinajstić information content (AvgIpc) is 2.69. The van der Waals surface area contributed by atoms with Crippen LogP contribution in [-0.2, 0) is 10.8 Å². The normalized spacial score (nSPS) is 14.5. The molecule has 0 saturated carbocycles. The lowest BCUT2D eigenvalue weighted by Crippen LogP contribution is -2.26. The van der Waals surface area contributed by atoms with E-state index in [0.29, 0.717) is 11.8 Å². The van der Waals surface area contributed by atoms with Gasteiger partial charge in [0.1, 0.15) is 11.5 Å². The second-order valence-electron chi connectivity index (χ2n) is 9.97. The molecule has 0 aliphatic carbocycles. The zero-order valence-electron chi connectivity index (χ0n) is 20.0. The topological polar surface area (TPSA) is 9.23 Å². The van der Waals surface area contributed by atoms with Crippen molar-refractivity contribution in [1.29, 1.82) is 0 Å². The largest absolute Gasteiger partial charge is 0.457 e. The van der Waals surface area contributed by atoms with Crippen LogP contribution in [0.5, 0.6) is 11.5 Å². The van der Waals surface area contributed by atoms with Crippen molar-refractivity contribution in [3.63, 3.8) is 0 Å². The molecule has 2 aromatic carbocycles. The molecular weight excluding hydrogens is 352 g/mol. The highest BCUT2D eigenvalue weighted by Gasteiger charge is 2.28. The first-order valence-electron chi connectivity index (χ1n) is 11.5. The standard InChI is InChI=1S/C28H42O/c1-9-11-21(3)27(5,6)23-13-17-25(18-14-23)29-26-19-15-24(16-20-26)28(7,8)22(4)12-10-2/h13-22H,9-12H2,1-8H3. The SMILES string of the molecule is CCCC(C)C(C)(C)c1ccc(Oc2ccc(C(C)(C)C(C)CCC)cc2)cc1. The molecule has 0 fully saturated rings. The molecule has 2 atom stereocenters. The van der Waals surface area contributed by atoms with Crippen LogP contribution in [0.3, 0.4) is 0 Å². The molecular formula is C28H42O. The van der Waals surface area contributed by atoms with Crippen LogP contribution in [0.2, 0.25) is 0 Å². The molecule has 2 rings (SSSR count). The van der Waals surface area contributed by atoms with Gasteiger partial charge in [-0.3, -0.25) is 0 Å². The molecule has 160 valence electrons. The van der Waals surface area contributed by atoms with Gasteiger partial charge in [-0.15, -0.1) is 0 Å². The maximum absolute atomic E-state index is 6.13. The minimum absolute atomic E-state index is 0.178. The van der Waals surface area contributed by atoms with E-state index in [-0.39, 0.29) is 10.8 Å². The third-order valence-corrected chi connectivity index (χ3v) is 7.34. The Balaban J connectivity index is 2.09. The first-order valence-corrected chi connectivity index (χ1v) is 11.5. The van der Waals surface area contributed by atoms with E-state index in [0.717, 1.165) is 11.5 Å². The van der Waals surface area contributed by atoms with E-state index in [2.05, 4.69) is 104 Å². The predicted molar refractivity (Wildman–Crippen MR) is 127 cm³/mol. The maximum Gasteiger partial charge on any atom is 0.127 e. The van der Waals surface area contributed by atoms with Crippen molar-refractivity contribution >= 4 is 0 Å². The quantitative estimate of drug-likeness (QED) is 0.391. The van der Waals surface area contributed by atoms with Crippen LogP contribution >= 0.6 is 0 Å². The van der Waals surface area contributed by atoms with Gasteiger partial charge in [0, 0.05) is 0 Å². The summed E-state index contributed by atoms with van der Waals surface area (Å²) in [4.78, 5) is 0. The zero-order chi connectivity index (χ0) is 21.7. The molecule has 0 amide bonds. The van der Waals surface area contributed by atoms with E-state index in [1.807, 2.05) is 0 Å². The second-order valence-corrected chi connectivity index (χ2v) is 9.97. The Kier molecular flexibility index (Phi) is 7.97. The molecule has 0 heterocycles. The van der Waals surface area contributed by atoms with Crippen molar-refractivity contribution in [2.75, 3.05) is 0 Å². The lowest BCUT2D eigenvalue weighted by atomic mass is 9.72. The molecule has 0 saturated heterocycles. The summed E-state index contributed by atoms with van der Waals surface area (Å²) in [7, 11) is 0. The van der Waals surface area contributed by atoms with Crippen molar-refractivity contribution in [2.24, 2.45) is 11.8 Å².